The number of piperidine rings is 1. The molecule has 2 aliphatic carbocycles. The summed E-state index contributed by atoms with van der Waals surface area (Å²) < 4.78 is 0. The number of hydrogen-bond donors (Lipinski definition) is 5. The maximum absolute atomic E-state index is 14.3. The van der Waals surface area contributed by atoms with Crippen LogP contribution in [0.1, 0.15) is 87.6 Å². The highest BCUT2D eigenvalue weighted by atomic mass is 16.2. The van der Waals surface area contributed by atoms with Crippen molar-refractivity contribution in [2.45, 2.75) is 112 Å². The lowest BCUT2D eigenvalue weighted by atomic mass is 9.84. The third-order valence-corrected chi connectivity index (χ3v) is 10.4. The maximum Gasteiger partial charge on any atom is 0.316 e. The number of nitrogens with one attached hydrogen (secondary N) is 4. The van der Waals surface area contributed by atoms with Gasteiger partial charge in [-0.05, 0) is 66.3 Å². The molecule has 3 fully saturated rings. The van der Waals surface area contributed by atoms with Gasteiger partial charge in [0.2, 0.25) is 23.5 Å². The van der Waals surface area contributed by atoms with E-state index in [4.69, 9.17) is 5.73 Å². The number of nitrogens with zero attached hydrogens (tertiary/aromatic N) is 1. The Bertz CT molecular complexity index is 1460. The van der Waals surface area contributed by atoms with Gasteiger partial charge in [-0.2, -0.15) is 0 Å². The van der Waals surface area contributed by atoms with Crippen LogP contribution in [0.25, 0.3) is 0 Å². The highest BCUT2D eigenvalue weighted by molar-refractivity contribution is 6.38. The molecule has 1 saturated heterocycles. The number of carbonyl (C=O) groups is 6. The Morgan fingerprint density at radius 3 is 1.88 bits per heavy atom. The minimum Gasteiger partial charge on any atom is -0.363 e. The van der Waals surface area contributed by atoms with Gasteiger partial charge in [-0.15, -0.1) is 0 Å². The summed E-state index contributed by atoms with van der Waals surface area (Å²) in [6.45, 7) is 19.2. The monoisotopic (exact) mass is 666 g/mol. The molecule has 0 spiro atoms. The van der Waals surface area contributed by atoms with Crippen molar-refractivity contribution in [2.24, 2.45) is 39.7 Å². The molecule has 48 heavy (non-hydrogen) atoms. The first-order valence-electron chi connectivity index (χ1n) is 16.9. The van der Waals surface area contributed by atoms with Crippen LogP contribution in [0.2, 0.25) is 0 Å². The fraction of sp³-hybridized carbons (Fsp3) is 0.667. The van der Waals surface area contributed by atoms with Crippen molar-refractivity contribution in [3.63, 3.8) is 0 Å². The first kappa shape index (κ1) is 36.9. The van der Waals surface area contributed by atoms with E-state index in [0.717, 1.165) is 5.56 Å². The molecule has 1 aromatic carbocycles. The Morgan fingerprint density at radius 1 is 0.833 bits per heavy atom. The summed E-state index contributed by atoms with van der Waals surface area (Å²) in [6.07, 6.45) is 1.38. The lowest BCUT2D eigenvalue weighted by molar-refractivity contribution is -0.145. The van der Waals surface area contributed by atoms with Crippen LogP contribution < -0.4 is 27.0 Å². The van der Waals surface area contributed by atoms with Gasteiger partial charge in [0.15, 0.2) is 0 Å². The fourth-order valence-electron chi connectivity index (χ4n) is 7.13. The molecule has 1 unspecified atom stereocenters. The summed E-state index contributed by atoms with van der Waals surface area (Å²) in [6, 6.07) is 4.92. The van der Waals surface area contributed by atoms with Gasteiger partial charge in [-0.3, -0.25) is 24.0 Å². The predicted molar refractivity (Wildman–Crippen MR) is 181 cm³/mol. The molecule has 0 bridgehead atoms. The van der Waals surface area contributed by atoms with Crippen molar-refractivity contribution in [3.8, 4) is 0 Å². The number of Topliss-reactive ketones (excluding diaryl/α,β-unsaturated/α-hetero) is 1. The van der Waals surface area contributed by atoms with Crippen LogP contribution in [0.4, 0.5) is 4.79 Å². The fourth-order valence-corrected chi connectivity index (χ4v) is 7.13. The number of ketones is 1. The van der Waals surface area contributed by atoms with Gasteiger partial charge in [0, 0.05) is 6.54 Å². The normalized spacial score (nSPS) is 23.5. The van der Waals surface area contributed by atoms with E-state index in [1.165, 1.54) is 4.90 Å². The number of urea groups is 1. The number of amides is 6. The minimum atomic E-state index is -1.11. The highest BCUT2D eigenvalue weighted by Gasteiger charge is 2.70. The van der Waals surface area contributed by atoms with Gasteiger partial charge < -0.3 is 31.9 Å². The molecule has 2 saturated carbocycles. The number of nitrogens with two attached hydrogens (primary N) is 1. The standard InChI is InChI=1S/C36H54N6O6/c1-33(2,3)26(30(46)41-36(9,10)20-14-12-11-13-15-20)39-32(48)40-27(34(4,5)6)31(47)42-18-21-22(35(21,7)8)24(42)29(45)38-23(19-16-17-19)25(43)28(37)44/h11-15,19,21-24,26-27H,16-18H2,1-10H3,(H2,37,44)(H,38,45)(H,41,46)(H2,39,40,48)/t21-,22-,23?,24-,26+,27+/m0/s1. The summed E-state index contributed by atoms with van der Waals surface area (Å²) in [5.41, 5.74) is 3.81. The van der Waals surface area contributed by atoms with E-state index in [2.05, 4.69) is 21.3 Å². The van der Waals surface area contributed by atoms with Crippen molar-refractivity contribution in [1.82, 2.24) is 26.2 Å². The summed E-state index contributed by atoms with van der Waals surface area (Å²) in [7, 11) is 0. The Kier molecular flexibility index (Phi) is 9.84. The highest BCUT2D eigenvalue weighted by Crippen LogP contribution is 2.65. The number of hydrogen-bond acceptors (Lipinski definition) is 6. The van der Waals surface area contributed by atoms with Crippen molar-refractivity contribution >= 4 is 35.4 Å². The quantitative estimate of drug-likeness (QED) is 0.227. The van der Waals surface area contributed by atoms with Gasteiger partial charge in [0.1, 0.15) is 24.2 Å². The molecule has 1 aliphatic heterocycles. The number of carbonyl (C=O) groups excluding carboxylic acids is 6. The van der Waals surface area contributed by atoms with E-state index >= 15 is 0 Å². The number of likely N-dealkylation sites (tertiary alicyclic amines) is 1. The van der Waals surface area contributed by atoms with Crippen molar-refractivity contribution in [2.75, 3.05) is 6.54 Å². The smallest absolute Gasteiger partial charge is 0.316 e. The topological polar surface area (TPSA) is 180 Å². The van der Waals surface area contributed by atoms with Crippen LogP contribution in [0.3, 0.4) is 0 Å². The molecule has 12 heteroatoms. The minimum absolute atomic E-state index is 0.0554. The second kappa shape index (κ2) is 12.8. The second-order valence-corrected chi connectivity index (χ2v) is 17.1. The molecule has 6 atom stereocenters. The molecule has 6 N–H and O–H groups in total. The molecule has 4 rings (SSSR count). The zero-order chi connectivity index (χ0) is 36.1. The molecular weight excluding hydrogens is 612 g/mol. The molecular formula is C36H54N6O6. The van der Waals surface area contributed by atoms with Gasteiger partial charge in [-0.25, -0.2) is 4.79 Å². The van der Waals surface area contributed by atoms with Gasteiger partial charge in [-0.1, -0.05) is 85.7 Å². The predicted octanol–water partition coefficient (Wildman–Crippen LogP) is 2.60. The molecule has 0 radical (unpaired) electrons. The van der Waals surface area contributed by atoms with Crippen molar-refractivity contribution in [3.05, 3.63) is 35.9 Å². The summed E-state index contributed by atoms with van der Waals surface area (Å²) in [5, 5.41) is 11.5. The Morgan fingerprint density at radius 2 is 1.38 bits per heavy atom. The number of rotatable bonds is 11. The van der Waals surface area contributed by atoms with E-state index in [1.54, 1.807) is 0 Å². The Balaban J connectivity index is 1.53. The van der Waals surface area contributed by atoms with E-state index in [1.807, 2.05) is 99.6 Å². The average Bonchev–Trinajstić information content (AvgIpc) is 3.84. The van der Waals surface area contributed by atoms with Crippen LogP contribution in [0.15, 0.2) is 30.3 Å². The third-order valence-electron chi connectivity index (χ3n) is 10.4. The van der Waals surface area contributed by atoms with Gasteiger partial charge in [0.25, 0.3) is 5.91 Å². The first-order valence-corrected chi connectivity index (χ1v) is 16.9. The molecule has 0 aromatic heterocycles. The molecule has 12 nitrogen and oxygen atoms in total. The average molecular weight is 667 g/mol. The van der Waals surface area contributed by atoms with Gasteiger partial charge >= 0.3 is 6.03 Å². The lowest BCUT2D eigenvalue weighted by Gasteiger charge is -2.39. The third kappa shape index (κ3) is 7.68. The van der Waals surface area contributed by atoms with Gasteiger partial charge in [0.05, 0.1) is 5.54 Å². The molecule has 1 aromatic rings. The zero-order valence-electron chi connectivity index (χ0n) is 30.0. The maximum atomic E-state index is 14.3. The van der Waals surface area contributed by atoms with Crippen LogP contribution >= 0.6 is 0 Å². The summed E-state index contributed by atoms with van der Waals surface area (Å²) in [4.78, 5) is 81.3. The molecule has 3 aliphatic rings. The number of benzene rings is 1. The first-order chi connectivity index (χ1) is 22.0. The zero-order valence-corrected chi connectivity index (χ0v) is 30.0. The van der Waals surface area contributed by atoms with E-state index in [0.29, 0.717) is 19.4 Å². The number of primary amides is 1. The van der Waals surface area contributed by atoms with E-state index in [9.17, 15) is 28.8 Å². The number of fused-ring (bicyclic) bond motifs is 1. The SMILES string of the molecule is CC(C)(NC(=O)[C@@H](NC(=O)N[C@H](C(=O)N1C[C@H]2[C@@H]([C@H]1C(=O)NC(C(=O)C(N)=O)C1CC1)C2(C)C)C(C)(C)C)C(C)(C)C)c1ccccc1. The molecule has 1 heterocycles. The second-order valence-electron chi connectivity index (χ2n) is 17.1. The van der Waals surface area contributed by atoms with E-state index in [-0.39, 0.29) is 29.1 Å². The van der Waals surface area contributed by atoms with Crippen molar-refractivity contribution < 1.29 is 28.8 Å². The largest absolute Gasteiger partial charge is 0.363 e. The van der Waals surface area contributed by atoms with Crippen LogP contribution in [0, 0.1) is 34.0 Å². The van der Waals surface area contributed by atoms with Crippen LogP contribution in [-0.4, -0.2) is 71.1 Å². The Hall–Kier alpha value is -3.96. The van der Waals surface area contributed by atoms with Crippen LogP contribution in [0.5, 0.6) is 0 Å². The summed E-state index contributed by atoms with van der Waals surface area (Å²) in [5.74, 6) is -3.53. The van der Waals surface area contributed by atoms with E-state index < -0.39 is 70.1 Å². The molecule has 6 amide bonds. The van der Waals surface area contributed by atoms with Crippen molar-refractivity contribution in [1.29, 1.82) is 0 Å². The lowest BCUT2D eigenvalue weighted by Crippen LogP contribution is -2.63. The molecule has 264 valence electrons. The Labute approximate surface area is 284 Å². The van der Waals surface area contributed by atoms with Crippen LogP contribution in [-0.2, 0) is 29.5 Å². The summed E-state index contributed by atoms with van der Waals surface area (Å²) >= 11 is 0.